The first-order valence-electron chi connectivity index (χ1n) is 5.58. The van der Waals surface area contributed by atoms with Gasteiger partial charge >= 0.3 is 0 Å². The SMILES string of the molecule is ClC(Cl)=CCCCCCSc1ccc(Cl)cc1. The Labute approximate surface area is 122 Å². The zero-order valence-corrected chi connectivity index (χ0v) is 12.5. The first-order chi connectivity index (χ1) is 8.18. The molecule has 0 nitrogen and oxygen atoms in total. The highest BCUT2D eigenvalue weighted by Crippen LogP contribution is 2.21. The lowest BCUT2D eigenvalue weighted by molar-refractivity contribution is 0.734. The van der Waals surface area contributed by atoms with Gasteiger partial charge in [-0.25, -0.2) is 0 Å². The van der Waals surface area contributed by atoms with E-state index in [0.29, 0.717) is 4.49 Å². The Balaban J connectivity index is 2.04. The summed E-state index contributed by atoms with van der Waals surface area (Å²) in [5.41, 5.74) is 0. The minimum absolute atomic E-state index is 0.375. The molecule has 0 heterocycles. The highest BCUT2D eigenvalue weighted by atomic mass is 35.5. The molecule has 0 aliphatic heterocycles. The van der Waals surface area contributed by atoms with Crippen molar-refractivity contribution in [3.05, 3.63) is 39.9 Å². The molecule has 94 valence electrons. The van der Waals surface area contributed by atoms with Gasteiger partial charge in [0.05, 0.1) is 0 Å². The fourth-order valence-corrected chi connectivity index (χ4v) is 2.61. The van der Waals surface area contributed by atoms with Crippen LogP contribution in [0.15, 0.2) is 39.7 Å². The summed E-state index contributed by atoms with van der Waals surface area (Å²) in [6, 6.07) is 7.97. The third kappa shape index (κ3) is 7.99. The largest absolute Gasteiger partial charge is 0.126 e. The van der Waals surface area contributed by atoms with Gasteiger partial charge in [0, 0.05) is 9.92 Å². The van der Waals surface area contributed by atoms with E-state index in [9.17, 15) is 0 Å². The maximum atomic E-state index is 5.82. The van der Waals surface area contributed by atoms with Gasteiger partial charge in [-0.05, 0) is 49.3 Å². The van der Waals surface area contributed by atoms with Crippen molar-refractivity contribution in [3.63, 3.8) is 0 Å². The number of benzene rings is 1. The second-order valence-corrected chi connectivity index (χ2v) is 6.26. The van der Waals surface area contributed by atoms with Crippen LogP contribution in [-0.4, -0.2) is 5.75 Å². The maximum Gasteiger partial charge on any atom is 0.102 e. The van der Waals surface area contributed by atoms with Crippen LogP contribution in [-0.2, 0) is 0 Å². The Morgan fingerprint density at radius 1 is 1.06 bits per heavy atom. The zero-order valence-electron chi connectivity index (χ0n) is 9.46. The van der Waals surface area contributed by atoms with Crippen molar-refractivity contribution in [1.29, 1.82) is 0 Å². The van der Waals surface area contributed by atoms with Gasteiger partial charge in [0.25, 0.3) is 0 Å². The van der Waals surface area contributed by atoms with Crippen molar-refractivity contribution in [2.75, 3.05) is 5.75 Å². The molecule has 1 aromatic carbocycles. The first-order valence-corrected chi connectivity index (χ1v) is 7.70. The average molecular weight is 310 g/mol. The van der Waals surface area contributed by atoms with Crippen molar-refractivity contribution in [2.24, 2.45) is 0 Å². The van der Waals surface area contributed by atoms with Crippen LogP contribution in [0.3, 0.4) is 0 Å². The van der Waals surface area contributed by atoms with Crippen LogP contribution in [0.4, 0.5) is 0 Å². The minimum atomic E-state index is 0.375. The number of allylic oxidation sites excluding steroid dienone is 1. The Kier molecular flexibility index (Phi) is 8.21. The lowest BCUT2D eigenvalue weighted by Gasteiger charge is -2.01. The molecule has 0 saturated heterocycles. The van der Waals surface area contributed by atoms with Crippen LogP contribution in [0.25, 0.3) is 0 Å². The van der Waals surface area contributed by atoms with Gasteiger partial charge in [-0.1, -0.05) is 47.3 Å². The second-order valence-electron chi connectivity index (χ2n) is 3.65. The summed E-state index contributed by atoms with van der Waals surface area (Å²) in [5.74, 6) is 1.14. The van der Waals surface area contributed by atoms with E-state index >= 15 is 0 Å². The molecule has 0 radical (unpaired) electrons. The van der Waals surface area contributed by atoms with E-state index in [-0.39, 0.29) is 0 Å². The van der Waals surface area contributed by atoms with E-state index in [4.69, 9.17) is 34.8 Å². The Morgan fingerprint density at radius 3 is 2.41 bits per heavy atom. The summed E-state index contributed by atoms with van der Waals surface area (Å²) in [5, 5.41) is 0.791. The number of hydrogen-bond donors (Lipinski definition) is 0. The van der Waals surface area contributed by atoms with Crippen LogP contribution >= 0.6 is 46.6 Å². The molecular formula is C13H15Cl3S. The maximum absolute atomic E-state index is 5.82. The number of rotatable bonds is 7. The van der Waals surface area contributed by atoms with Gasteiger partial charge in [0.1, 0.15) is 4.49 Å². The van der Waals surface area contributed by atoms with Gasteiger partial charge in [-0.15, -0.1) is 11.8 Å². The summed E-state index contributed by atoms with van der Waals surface area (Å²) >= 11 is 18.7. The van der Waals surface area contributed by atoms with E-state index in [1.54, 1.807) is 0 Å². The van der Waals surface area contributed by atoms with Gasteiger partial charge in [0.15, 0.2) is 0 Å². The summed E-state index contributed by atoms with van der Waals surface area (Å²) in [4.78, 5) is 1.28. The zero-order chi connectivity index (χ0) is 12.5. The van der Waals surface area contributed by atoms with E-state index in [0.717, 1.165) is 23.6 Å². The molecule has 4 heteroatoms. The number of unbranched alkanes of at least 4 members (excludes halogenated alkanes) is 3. The molecule has 0 aliphatic rings. The van der Waals surface area contributed by atoms with Gasteiger partial charge in [0.2, 0.25) is 0 Å². The fourth-order valence-electron chi connectivity index (χ4n) is 1.36. The third-order valence-electron chi connectivity index (χ3n) is 2.23. The van der Waals surface area contributed by atoms with Gasteiger partial charge < -0.3 is 0 Å². The fraction of sp³-hybridized carbons (Fsp3) is 0.385. The number of hydrogen-bond acceptors (Lipinski definition) is 1. The minimum Gasteiger partial charge on any atom is -0.126 e. The molecule has 0 unspecified atom stereocenters. The average Bonchev–Trinajstić information content (AvgIpc) is 2.30. The molecule has 0 spiro atoms. The summed E-state index contributed by atoms with van der Waals surface area (Å²) in [6.45, 7) is 0. The Bertz CT molecular complexity index is 342. The van der Waals surface area contributed by atoms with Crippen molar-refractivity contribution in [1.82, 2.24) is 0 Å². The molecule has 0 bridgehead atoms. The van der Waals surface area contributed by atoms with E-state index < -0.39 is 0 Å². The number of halogens is 3. The van der Waals surface area contributed by atoms with Gasteiger partial charge in [-0.2, -0.15) is 0 Å². The normalized spacial score (nSPS) is 10.3. The van der Waals surface area contributed by atoms with Crippen molar-refractivity contribution in [3.8, 4) is 0 Å². The van der Waals surface area contributed by atoms with Crippen LogP contribution in [0.5, 0.6) is 0 Å². The molecular weight excluding hydrogens is 295 g/mol. The lowest BCUT2D eigenvalue weighted by atomic mass is 10.2. The van der Waals surface area contributed by atoms with Crippen LogP contribution < -0.4 is 0 Å². The molecule has 17 heavy (non-hydrogen) atoms. The molecule has 1 rings (SSSR count). The molecule has 1 aromatic rings. The quantitative estimate of drug-likeness (QED) is 0.420. The summed E-state index contributed by atoms with van der Waals surface area (Å²) < 4.78 is 0.375. The predicted molar refractivity (Wildman–Crippen MR) is 80.4 cm³/mol. The highest BCUT2D eigenvalue weighted by Gasteiger charge is 1.94. The molecule has 0 atom stereocenters. The van der Waals surface area contributed by atoms with E-state index in [1.807, 2.05) is 30.0 Å². The first kappa shape index (κ1) is 15.2. The monoisotopic (exact) mass is 308 g/mol. The van der Waals surface area contributed by atoms with Crippen molar-refractivity contribution < 1.29 is 0 Å². The highest BCUT2D eigenvalue weighted by molar-refractivity contribution is 7.99. The van der Waals surface area contributed by atoms with Crippen LogP contribution in [0, 0.1) is 0 Å². The van der Waals surface area contributed by atoms with Gasteiger partial charge in [-0.3, -0.25) is 0 Å². The molecule has 0 aliphatic carbocycles. The third-order valence-corrected chi connectivity index (χ3v) is 3.89. The van der Waals surface area contributed by atoms with Crippen molar-refractivity contribution >= 4 is 46.6 Å². The molecule has 0 saturated carbocycles. The lowest BCUT2D eigenvalue weighted by Crippen LogP contribution is -1.81. The molecule has 0 amide bonds. The van der Waals surface area contributed by atoms with Crippen molar-refractivity contribution in [2.45, 2.75) is 30.6 Å². The molecule has 0 aromatic heterocycles. The smallest absolute Gasteiger partial charge is 0.102 e. The Morgan fingerprint density at radius 2 is 1.76 bits per heavy atom. The van der Waals surface area contributed by atoms with Crippen LogP contribution in [0.2, 0.25) is 5.02 Å². The second kappa shape index (κ2) is 9.16. The molecule has 0 fully saturated rings. The predicted octanol–water partition coefficient (Wildman–Crippen LogP) is 6.31. The Hall–Kier alpha value is 0.180. The standard InChI is InChI=1S/C13H15Cl3S/c14-11-6-8-12(9-7-11)17-10-4-2-1-3-5-13(15)16/h5-9H,1-4,10H2. The topological polar surface area (TPSA) is 0 Å². The van der Waals surface area contributed by atoms with E-state index in [2.05, 4.69) is 12.1 Å². The number of thioether (sulfide) groups is 1. The molecule has 0 N–H and O–H groups in total. The summed E-state index contributed by atoms with van der Waals surface area (Å²) in [6.07, 6.45) is 6.38. The van der Waals surface area contributed by atoms with Crippen LogP contribution in [0.1, 0.15) is 25.7 Å². The van der Waals surface area contributed by atoms with E-state index in [1.165, 1.54) is 17.7 Å². The summed E-state index contributed by atoms with van der Waals surface area (Å²) in [7, 11) is 0.